The summed E-state index contributed by atoms with van der Waals surface area (Å²) < 4.78 is 1.98. The average Bonchev–Trinajstić information content (AvgIpc) is 3.49. The molecule has 0 radical (unpaired) electrons. The van der Waals surface area contributed by atoms with E-state index in [9.17, 15) is 9.59 Å². The van der Waals surface area contributed by atoms with Crippen LogP contribution in [0.4, 0.5) is 0 Å². The number of carbonyl (C=O) groups excluding carboxylic acids is 2. The standard InChI is InChI=1S/C25H27N5O2/c1-17-7-8-18-15-28-30(23(18)13-17)12-4-11-26-25(32)22-9-10-24(31)29(22)16-19-14-27-21-6-3-2-5-20(19)21/h2-3,5-8,13-15,22,27H,4,9-12,16H2,1H3,(H,26,32). The molecule has 1 unspecified atom stereocenters. The minimum absolute atomic E-state index is 0.0359. The van der Waals surface area contributed by atoms with Gasteiger partial charge in [-0.2, -0.15) is 5.10 Å². The molecule has 2 amide bonds. The number of rotatable bonds is 7. The van der Waals surface area contributed by atoms with Crippen molar-refractivity contribution >= 4 is 33.6 Å². The maximum Gasteiger partial charge on any atom is 0.242 e. The van der Waals surface area contributed by atoms with E-state index in [0.717, 1.165) is 40.3 Å². The Balaban J connectivity index is 1.19. The molecule has 2 aromatic heterocycles. The van der Waals surface area contributed by atoms with Crippen LogP contribution in [0.3, 0.4) is 0 Å². The third-order valence-corrected chi connectivity index (χ3v) is 6.29. The predicted molar refractivity (Wildman–Crippen MR) is 124 cm³/mol. The molecule has 0 aliphatic carbocycles. The Bertz CT molecular complexity index is 1290. The number of nitrogens with zero attached hydrogens (tertiary/aromatic N) is 3. The third kappa shape index (κ3) is 3.86. The second-order valence-corrected chi connectivity index (χ2v) is 8.51. The number of amides is 2. The van der Waals surface area contributed by atoms with Crippen LogP contribution in [0.25, 0.3) is 21.8 Å². The Morgan fingerprint density at radius 1 is 1.25 bits per heavy atom. The van der Waals surface area contributed by atoms with E-state index in [1.807, 2.05) is 41.3 Å². The third-order valence-electron chi connectivity index (χ3n) is 6.29. The molecule has 164 valence electrons. The van der Waals surface area contributed by atoms with E-state index in [1.165, 1.54) is 5.56 Å². The number of likely N-dealkylation sites (tertiary alicyclic amines) is 1. The molecule has 0 bridgehead atoms. The summed E-state index contributed by atoms with van der Waals surface area (Å²) in [6.07, 6.45) is 5.57. The lowest BCUT2D eigenvalue weighted by molar-refractivity contribution is -0.135. The van der Waals surface area contributed by atoms with Crippen molar-refractivity contribution in [2.75, 3.05) is 6.54 Å². The van der Waals surface area contributed by atoms with Gasteiger partial charge in [0.25, 0.3) is 0 Å². The Kier molecular flexibility index (Phi) is 5.39. The maximum atomic E-state index is 12.9. The first-order valence-corrected chi connectivity index (χ1v) is 11.1. The highest BCUT2D eigenvalue weighted by Gasteiger charge is 2.36. The van der Waals surface area contributed by atoms with Crippen LogP contribution in [0, 0.1) is 6.92 Å². The fraction of sp³-hybridized carbons (Fsp3) is 0.320. The SMILES string of the molecule is Cc1ccc2cnn(CCCNC(=O)C3CCC(=O)N3Cc3c[nH]c4ccccc34)c2c1. The van der Waals surface area contributed by atoms with Gasteiger partial charge in [0, 0.05) is 48.5 Å². The van der Waals surface area contributed by atoms with Crippen LogP contribution in [0.1, 0.15) is 30.4 Å². The van der Waals surface area contributed by atoms with Gasteiger partial charge in [0.1, 0.15) is 6.04 Å². The van der Waals surface area contributed by atoms with Gasteiger partial charge in [0.15, 0.2) is 0 Å². The summed E-state index contributed by atoms with van der Waals surface area (Å²) in [5, 5.41) is 9.71. The van der Waals surface area contributed by atoms with Crippen LogP contribution < -0.4 is 5.32 Å². The Morgan fingerprint density at radius 3 is 3.03 bits per heavy atom. The van der Waals surface area contributed by atoms with Gasteiger partial charge >= 0.3 is 0 Å². The minimum Gasteiger partial charge on any atom is -0.361 e. The van der Waals surface area contributed by atoms with Crippen LogP contribution in [0.2, 0.25) is 0 Å². The highest BCUT2D eigenvalue weighted by Crippen LogP contribution is 2.25. The zero-order valence-corrected chi connectivity index (χ0v) is 18.2. The number of H-pyrrole nitrogens is 1. The van der Waals surface area contributed by atoms with E-state index in [4.69, 9.17) is 0 Å². The minimum atomic E-state index is -0.413. The Labute approximate surface area is 186 Å². The molecule has 1 saturated heterocycles. The van der Waals surface area contributed by atoms with Crippen LogP contribution in [0.15, 0.2) is 54.9 Å². The van der Waals surface area contributed by atoms with Gasteiger partial charge in [-0.05, 0) is 43.0 Å². The van der Waals surface area contributed by atoms with E-state index in [-0.39, 0.29) is 11.8 Å². The van der Waals surface area contributed by atoms with Gasteiger partial charge in [0.2, 0.25) is 11.8 Å². The fourth-order valence-corrected chi connectivity index (χ4v) is 4.57. The normalized spacial score (nSPS) is 16.3. The lowest BCUT2D eigenvalue weighted by Gasteiger charge is -2.24. The molecule has 5 rings (SSSR count). The summed E-state index contributed by atoms with van der Waals surface area (Å²) in [5.74, 6) is -0.0364. The van der Waals surface area contributed by atoms with Gasteiger partial charge in [-0.15, -0.1) is 0 Å². The van der Waals surface area contributed by atoms with Crippen molar-refractivity contribution in [3.63, 3.8) is 0 Å². The second kappa shape index (κ2) is 8.49. The van der Waals surface area contributed by atoms with Gasteiger partial charge in [0.05, 0.1) is 11.7 Å². The van der Waals surface area contributed by atoms with Crippen molar-refractivity contribution in [2.24, 2.45) is 0 Å². The van der Waals surface area contributed by atoms with Crippen molar-refractivity contribution in [2.45, 2.75) is 45.3 Å². The number of aryl methyl sites for hydroxylation is 2. The molecule has 2 aromatic carbocycles. The molecule has 0 spiro atoms. The van der Waals surface area contributed by atoms with Crippen molar-refractivity contribution < 1.29 is 9.59 Å². The van der Waals surface area contributed by atoms with E-state index < -0.39 is 6.04 Å². The van der Waals surface area contributed by atoms with Crippen LogP contribution in [-0.2, 0) is 22.7 Å². The maximum absolute atomic E-state index is 12.9. The number of aromatic nitrogens is 3. The Morgan fingerprint density at radius 2 is 2.12 bits per heavy atom. The molecule has 1 atom stereocenters. The largest absolute Gasteiger partial charge is 0.361 e. The molecule has 0 saturated carbocycles. The van der Waals surface area contributed by atoms with Crippen molar-refractivity contribution in [1.29, 1.82) is 0 Å². The molecule has 2 N–H and O–H groups in total. The number of aromatic amines is 1. The number of benzene rings is 2. The van der Waals surface area contributed by atoms with Gasteiger partial charge in [-0.3, -0.25) is 14.3 Å². The van der Waals surface area contributed by atoms with Crippen LogP contribution in [0.5, 0.6) is 0 Å². The highest BCUT2D eigenvalue weighted by atomic mass is 16.2. The molecule has 4 aromatic rings. The molecule has 3 heterocycles. The number of carbonyl (C=O) groups is 2. The molecule has 32 heavy (non-hydrogen) atoms. The summed E-state index contributed by atoms with van der Waals surface area (Å²) in [4.78, 5) is 30.4. The number of fused-ring (bicyclic) bond motifs is 2. The number of para-hydroxylation sites is 1. The van der Waals surface area contributed by atoms with E-state index in [0.29, 0.717) is 25.9 Å². The van der Waals surface area contributed by atoms with Gasteiger partial charge in [-0.1, -0.05) is 30.3 Å². The lowest BCUT2D eigenvalue weighted by atomic mass is 10.1. The Hall–Kier alpha value is -3.61. The van der Waals surface area contributed by atoms with Crippen LogP contribution >= 0.6 is 0 Å². The summed E-state index contributed by atoms with van der Waals surface area (Å²) >= 11 is 0. The monoisotopic (exact) mass is 429 g/mol. The lowest BCUT2D eigenvalue weighted by Crippen LogP contribution is -2.44. The van der Waals surface area contributed by atoms with Gasteiger partial charge in [-0.25, -0.2) is 0 Å². The molecule has 7 nitrogen and oxygen atoms in total. The summed E-state index contributed by atoms with van der Waals surface area (Å²) in [5.41, 5.74) is 4.39. The first-order chi connectivity index (χ1) is 15.6. The predicted octanol–water partition coefficient (Wildman–Crippen LogP) is 3.52. The van der Waals surface area contributed by atoms with E-state index in [1.54, 1.807) is 4.90 Å². The van der Waals surface area contributed by atoms with Gasteiger partial charge < -0.3 is 15.2 Å². The van der Waals surface area contributed by atoms with Crippen LogP contribution in [-0.4, -0.2) is 44.1 Å². The molecule has 1 aliphatic heterocycles. The zero-order chi connectivity index (χ0) is 22.1. The summed E-state index contributed by atoms with van der Waals surface area (Å²) in [6.45, 7) is 3.80. The molecule has 1 aliphatic rings. The quantitative estimate of drug-likeness (QED) is 0.441. The first-order valence-electron chi connectivity index (χ1n) is 11.1. The van der Waals surface area contributed by atoms with Crippen molar-refractivity contribution in [1.82, 2.24) is 25.0 Å². The van der Waals surface area contributed by atoms with Crippen molar-refractivity contribution in [3.8, 4) is 0 Å². The number of nitrogens with one attached hydrogen (secondary N) is 2. The smallest absolute Gasteiger partial charge is 0.242 e. The summed E-state index contributed by atoms with van der Waals surface area (Å²) in [7, 11) is 0. The first kappa shape index (κ1) is 20.3. The zero-order valence-electron chi connectivity index (χ0n) is 18.2. The molecular weight excluding hydrogens is 402 g/mol. The van der Waals surface area contributed by atoms with E-state index >= 15 is 0 Å². The molecule has 1 fully saturated rings. The topological polar surface area (TPSA) is 83.0 Å². The fourth-order valence-electron chi connectivity index (χ4n) is 4.57. The summed E-state index contributed by atoms with van der Waals surface area (Å²) in [6, 6.07) is 13.9. The number of hydrogen-bond acceptors (Lipinski definition) is 3. The molecular formula is C25H27N5O2. The highest BCUT2D eigenvalue weighted by molar-refractivity contribution is 5.91. The second-order valence-electron chi connectivity index (χ2n) is 8.51. The van der Waals surface area contributed by atoms with E-state index in [2.05, 4.69) is 40.5 Å². The molecule has 7 heteroatoms. The van der Waals surface area contributed by atoms with Crippen molar-refractivity contribution in [3.05, 3.63) is 66.0 Å². The average molecular weight is 430 g/mol. The number of hydrogen-bond donors (Lipinski definition) is 2.